The first-order valence-corrected chi connectivity index (χ1v) is 12.3. The summed E-state index contributed by atoms with van der Waals surface area (Å²) in [7, 11) is 0. The molecule has 1 fully saturated rings. The number of hydrogen-bond acceptors (Lipinski definition) is 5. The van der Waals surface area contributed by atoms with E-state index in [2.05, 4.69) is 5.32 Å². The first-order valence-electron chi connectivity index (χ1n) is 11.3. The third-order valence-corrected chi connectivity index (χ3v) is 6.81. The van der Waals surface area contributed by atoms with Crippen molar-refractivity contribution in [3.63, 3.8) is 0 Å². The molecule has 0 aliphatic carbocycles. The highest BCUT2D eigenvalue weighted by molar-refractivity contribution is 8.00. The molecule has 8 heteroatoms. The zero-order chi connectivity index (χ0) is 24.2. The molecule has 4 rings (SSSR count). The Morgan fingerprint density at radius 3 is 2.38 bits per heavy atom. The molecule has 0 bridgehead atoms. The van der Waals surface area contributed by atoms with Crippen molar-refractivity contribution in [1.82, 2.24) is 9.47 Å². The number of amides is 2. The summed E-state index contributed by atoms with van der Waals surface area (Å²) in [4.78, 5) is 39.7. The molecule has 0 radical (unpaired) electrons. The van der Waals surface area contributed by atoms with E-state index >= 15 is 0 Å². The Hall–Kier alpha value is -3.10. The van der Waals surface area contributed by atoms with Gasteiger partial charge in [-0.25, -0.2) is 0 Å². The molecule has 2 atom stereocenters. The number of ketones is 1. The Morgan fingerprint density at radius 1 is 1.03 bits per heavy atom. The van der Waals surface area contributed by atoms with Crippen molar-refractivity contribution in [3.05, 3.63) is 60.3 Å². The summed E-state index contributed by atoms with van der Waals surface area (Å²) in [6, 6.07) is 14.8. The molecule has 2 unspecified atom stereocenters. The first-order chi connectivity index (χ1) is 16.3. The van der Waals surface area contributed by atoms with E-state index in [1.165, 1.54) is 18.7 Å². The maximum absolute atomic E-state index is 13.0. The van der Waals surface area contributed by atoms with E-state index in [0.29, 0.717) is 24.3 Å². The Balaban J connectivity index is 1.42. The molecule has 1 aromatic heterocycles. The van der Waals surface area contributed by atoms with Crippen LogP contribution in [-0.2, 0) is 20.9 Å². The Bertz CT molecular complexity index is 1190. The number of anilines is 1. The van der Waals surface area contributed by atoms with Gasteiger partial charge in [0.1, 0.15) is 6.54 Å². The van der Waals surface area contributed by atoms with E-state index in [1.54, 1.807) is 24.3 Å². The molecule has 1 aliphatic heterocycles. The number of rotatable bonds is 7. The standard InChI is InChI=1S/C26H29N3O4S/c1-17-12-29(13-18(2)33-17)26(32)15-28-14-24(22-6-4-5-7-23(22)28)34-16-25(31)27-21-10-8-20(9-11-21)19(3)30/h4-11,14,17-18H,12-13,15-16H2,1-3H3,(H,27,31). The smallest absolute Gasteiger partial charge is 0.242 e. The highest BCUT2D eigenvalue weighted by Crippen LogP contribution is 2.30. The van der Waals surface area contributed by atoms with Gasteiger partial charge in [0.2, 0.25) is 11.8 Å². The van der Waals surface area contributed by atoms with Crippen LogP contribution in [0.3, 0.4) is 0 Å². The molecular weight excluding hydrogens is 450 g/mol. The molecule has 3 aromatic rings. The summed E-state index contributed by atoms with van der Waals surface area (Å²) in [5, 5.41) is 3.88. The van der Waals surface area contributed by atoms with E-state index in [0.717, 1.165) is 15.8 Å². The third kappa shape index (κ3) is 5.69. The number of para-hydroxylation sites is 1. The summed E-state index contributed by atoms with van der Waals surface area (Å²) in [5.41, 5.74) is 2.22. The number of fused-ring (bicyclic) bond motifs is 1. The van der Waals surface area contributed by atoms with Gasteiger partial charge in [-0.1, -0.05) is 18.2 Å². The van der Waals surface area contributed by atoms with Gasteiger partial charge in [0.15, 0.2) is 5.78 Å². The average Bonchev–Trinajstić information content (AvgIpc) is 3.15. The van der Waals surface area contributed by atoms with Gasteiger partial charge in [-0.15, -0.1) is 11.8 Å². The fourth-order valence-electron chi connectivity index (χ4n) is 4.21. The maximum Gasteiger partial charge on any atom is 0.242 e. The van der Waals surface area contributed by atoms with E-state index in [-0.39, 0.29) is 42.1 Å². The van der Waals surface area contributed by atoms with Gasteiger partial charge in [0, 0.05) is 46.3 Å². The minimum Gasteiger partial charge on any atom is -0.372 e. The summed E-state index contributed by atoms with van der Waals surface area (Å²) in [6.07, 6.45) is 2.00. The van der Waals surface area contributed by atoms with Crippen LogP contribution in [0.5, 0.6) is 0 Å². The van der Waals surface area contributed by atoms with E-state index in [1.807, 2.05) is 53.8 Å². The molecule has 2 amide bonds. The molecule has 1 N–H and O–H groups in total. The second-order valence-electron chi connectivity index (χ2n) is 8.66. The van der Waals surface area contributed by atoms with Crippen LogP contribution in [0.4, 0.5) is 5.69 Å². The predicted octanol–water partition coefficient (Wildman–Crippen LogP) is 4.21. The number of hydrogen-bond donors (Lipinski definition) is 1. The maximum atomic E-state index is 13.0. The number of thioether (sulfide) groups is 1. The lowest BCUT2D eigenvalue weighted by Crippen LogP contribution is -2.49. The van der Waals surface area contributed by atoms with Crippen molar-refractivity contribution in [2.24, 2.45) is 0 Å². The van der Waals surface area contributed by atoms with Crippen LogP contribution in [-0.4, -0.2) is 58.1 Å². The van der Waals surface area contributed by atoms with Crippen LogP contribution in [0.1, 0.15) is 31.1 Å². The van der Waals surface area contributed by atoms with Crippen LogP contribution in [0.2, 0.25) is 0 Å². The fraction of sp³-hybridized carbons (Fsp3) is 0.346. The Kier molecular flexibility index (Phi) is 7.38. The van der Waals surface area contributed by atoms with Gasteiger partial charge in [-0.2, -0.15) is 0 Å². The van der Waals surface area contributed by atoms with Gasteiger partial charge in [-0.3, -0.25) is 14.4 Å². The molecular formula is C26H29N3O4S. The molecule has 0 spiro atoms. The number of carbonyl (C=O) groups is 3. The molecule has 34 heavy (non-hydrogen) atoms. The van der Waals surface area contributed by atoms with Crippen LogP contribution in [0.25, 0.3) is 10.9 Å². The van der Waals surface area contributed by atoms with E-state index in [9.17, 15) is 14.4 Å². The van der Waals surface area contributed by atoms with Crippen LogP contribution < -0.4 is 5.32 Å². The topological polar surface area (TPSA) is 80.6 Å². The Labute approximate surface area is 203 Å². The largest absolute Gasteiger partial charge is 0.372 e. The molecule has 178 valence electrons. The van der Waals surface area contributed by atoms with Gasteiger partial charge in [-0.05, 0) is 51.1 Å². The van der Waals surface area contributed by atoms with Gasteiger partial charge in [0.25, 0.3) is 0 Å². The lowest BCUT2D eigenvalue weighted by atomic mass is 10.1. The normalized spacial score (nSPS) is 18.1. The quantitative estimate of drug-likeness (QED) is 0.406. The minimum absolute atomic E-state index is 0.0130. The van der Waals surface area contributed by atoms with Crippen molar-refractivity contribution in [2.75, 3.05) is 24.2 Å². The molecule has 0 saturated carbocycles. The van der Waals surface area contributed by atoms with Crippen molar-refractivity contribution in [1.29, 1.82) is 0 Å². The van der Waals surface area contributed by atoms with E-state index < -0.39 is 0 Å². The van der Waals surface area contributed by atoms with Gasteiger partial charge in [0.05, 0.1) is 18.0 Å². The first kappa shape index (κ1) is 24.0. The number of Topliss-reactive ketones (excluding diaryl/α,β-unsaturated/α-hetero) is 1. The SMILES string of the molecule is CC(=O)c1ccc(NC(=O)CSc2cn(CC(=O)N3CC(C)OC(C)C3)c3ccccc23)cc1. The van der Waals surface area contributed by atoms with Gasteiger partial charge >= 0.3 is 0 Å². The molecule has 2 heterocycles. The summed E-state index contributed by atoms with van der Waals surface area (Å²) in [6.45, 7) is 6.91. The average molecular weight is 480 g/mol. The molecule has 1 saturated heterocycles. The number of ether oxygens (including phenoxy) is 1. The molecule has 1 aliphatic rings. The number of benzene rings is 2. The summed E-state index contributed by atoms with van der Waals surface area (Å²) >= 11 is 1.44. The number of carbonyl (C=O) groups excluding carboxylic acids is 3. The van der Waals surface area contributed by atoms with Crippen LogP contribution in [0, 0.1) is 0 Å². The second-order valence-corrected chi connectivity index (χ2v) is 9.68. The number of nitrogens with one attached hydrogen (secondary N) is 1. The highest BCUT2D eigenvalue weighted by atomic mass is 32.2. The summed E-state index contributed by atoms with van der Waals surface area (Å²) in [5.74, 6) is 0.145. The number of morpholine rings is 1. The van der Waals surface area contributed by atoms with E-state index in [4.69, 9.17) is 4.74 Å². The lowest BCUT2D eigenvalue weighted by molar-refractivity contribution is -0.143. The van der Waals surface area contributed by atoms with Gasteiger partial charge < -0.3 is 19.5 Å². The lowest BCUT2D eigenvalue weighted by Gasteiger charge is -2.35. The second kappa shape index (κ2) is 10.4. The van der Waals surface area contributed by atoms with Crippen LogP contribution in [0.15, 0.2) is 59.6 Å². The zero-order valence-corrected chi connectivity index (χ0v) is 20.4. The van der Waals surface area contributed by atoms with Crippen molar-refractivity contribution >= 4 is 45.9 Å². The zero-order valence-electron chi connectivity index (χ0n) is 19.6. The molecule has 7 nitrogen and oxygen atoms in total. The highest BCUT2D eigenvalue weighted by Gasteiger charge is 2.26. The Morgan fingerprint density at radius 2 is 1.71 bits per heavy atom. The van der Waals surface area contributed by atoms with Crippen molar-refractivity contribution in [2.45, 2.75) is 44.4 Å². The van der Waals surface area contributed by atoms with Crippen LogP contribution >= 0.6 is 11.8 Å². The van der Waals surface area contributed by atoms with Crippen molar-refractivity contribution < 1.29 is 19.1 Å². The van der Waals surface area contributed by atoms with Crippen molar-refractivity contribution in [3.8, 4) is 0 Å². The minimum atomic E-state index is -0.134. The monoisotopic (exact) mass is 479 g/mol. The predicted molar refractivity (Wildman–Crippen MR) is 134 cm³/mol. The number of aromatic nitrogens is 1. The fourth-order valence-corrected chi connectivity index (χ4v) is 5.10. The number of nitrogens with zero attached hydrogens (tertiary/aromatic N) is 2. The summed E-state index contributed by atoms with van der Waals surface area (Å²) < 4.78 is 7.71. The third-order valence-electron chi connectivity index (χ3n) is 5.76. The molecule has 2 aromatic carbocycles.